The van der Waals surface area contributed by atoms with Gasteiger partial charge in [-0.3, -0.25) is 9.78 Å². The van der Waals surface area contributed by atoms with Crippen LogP contribution in [0.25, 0.3) is 11.1 Å². The second kappa shape index (κ2) is 3.61. The zero-order valence-corrected chi connectivity index (χ0v) is 8.16. The van der Waals surface area contributed by atoms with Gasteiger partial charge in [0.25, 0.3) is 0 Å². The standard InChI is InChI=1S/C10H10N2O3/c1-6(13)5-11-7-2-3-8-9(4-7)15-10(14)12-8/h2-4,11H,5H2,1H3,(H,12,14). The van der Waals surface area contributed by atoms with E-state index in [1.807, 2.05) is 0 Å². The molecule has 5 heteroatoms. The Morgan fingerprint density at radius 2 is 2.33 bits per heavy atom. The zero-order chi connectivity index (χ0) is 10.8. The summed E-state index contributed by atoms with van der Waals surface area (Å²) in [6.07, 6.45) is 0. The minimum atomic E-state index is -0.478. The SMILES string of the molecule is CC(=O)CNc1ccc2[nH]c(=O)oc2c1. The number of oxazole rings is 1. The highest BCUT2D eigenvalue weighted by Gasteiger charge is 2.02. The van der Waals surface area contributed by atoms with Crippen molar-refractivity contribution in [2.45, 2.75) is 6.92 Å². The number of hydrogen-bond acceptors (Lipinski definition) is 4. The average Bonchev–Trinajstić information content (AvgIpc) is 2.53. The van der Waals surface area contributed by atoms with Gasteiger partial charge in [0, 0.05) is 11.8 Å². The smallest absolute Gasteiger partial charge is 0.408 e. The van der Waals surface area contributed by atoms with Crippen LogP contribution in [0.3, 0.4) is 0 Å². The van der Waals surface area contributed by atoms with E-state index in [9.17, 15) is 9.59 Å². The lowest BCUT2D eigenvalue weighted by molar-refractivity contribution is -0.115. The number of aromatic nitrogens is 1. The lowest BCUT2D eigenvalue weighted by Crippen LogP contribution is -2.09. The second-order valence-corrected chi connectivity index (χ2v) is 3.28. The molecule has 5 nitrogen and oxygen atoms in total. The van der Waals surface area contributed by atoms with E-state index in [2.05, 4.69) is 10.3 Å². The fourth-order valence-corrected chi connectivity index (χ4v) is 1.28. The largest absolute Gasteiger partial charge is 0.417 e. The van der Waals surface area contributed by atoms with Gasteiger partial charge in [-0.2, -0.15) is 0 Å². The summed E-state index contributed by atoms with van der Waals surface area (Å²) in [7, 11) is 0. The summed E-state index contributed by atoms with van der Waals surface area (Å²) in [5.74, 6) is -0.431. The molecule has 0 unspecified atom stereocenters. The average molecular weight is 206 g/mol. The van der Waals surface area contributed by atoms with Crippen LogP contribution in [0.1, 0.15) is 6.92 Å². The monoisotopic (exact) mass is 206 g/mol. The minimum absolute atomic E-state index is 0.0469. The molecule has 1 aromatic carbocycles. The first kappa shape index (κ1) is 9.51. The van der Waals surface area contributed by atoms with Gasteiger partial charge in [0.1, 0.15) is 5.78 Å². The number of ketones is 1. The Hall–Kier alpha value is -2.04. The second-order valence-electron chi connectivity index (χ2n) is 3.28. The summed E-state index contributed by atoms with van der Waals surface area (Å²) in [5.41, 5.74) is 1.88. The Morgan fingerprint density at radius 3 is 3.07 bits per heavy atom. The molecule has 2 aromatic rings. The van der Waals surface area contributed by atoms with Gasteiger partial charge < -0.3 is 9.73 Å². The molecular weight excluding hydrogens is 196 g/mol. The molecule has 2 N–H and O–H groups in total. The summed E-state index contributed by atoms with van der Waals surface area (Å²) in [6.45, 7) is 1.77. The van der Waals surface area contributed by atoms with Gasteiger partial charge in [0.05, 0.1) is 12.1 Å². The number of rotatable bonds is 3. The van der Waals surface area contributed by atoms with Crippen LogP contribution >= 0.6 is 0 Å². The van der Waals surface area contributed by atoms with Gasteiger partial charge in [-0.25, -0.2) is 4.79 Å². The summed E-state index contributed by atoms with van der Waals surface area (Å²) in [6, 6.07) is 5.18. The molecule has 1 heterocycles. The van der Waals surface area contributed by atoms with Gasteiger partial charge in [0.2, 0.25) is 0 Å². The first-order valence-electron chi connectivity index (χ1n) is 4.51. The lowest BCUT2D eigenvalue weighted by Gasteiger charge is -2.02. The predicted octanol–water partition coefficient (Wildman–Crippen LogP) is 1.12. The van der Waals surface area contributed by atoms with E-state index in [0.717, 1.165) is 5.69 Å². The Balaban J connectivity index is 2.30. The number of aromatic amines is 1. The van der Waals surface area contributed by atoms with Crippen LogP contribution in [0.5, 0.6) is 0 Å². The predicted molar refractivity (Wildman–Crippen MR) is 56.0 cm³/mol. The zero-order valence-electron chi connectivity index (χ0n) is 8.16. The van der Waals surface area contributed by atoms with Gasteiger partial charge in [-0.1, -0.05) is 0 Å². The van der Waals surface area contributed by atoms with Crippen LogP contribution in [0.4, 0.5) is 5.69 Å². The molecule has 0 amide bonds. The maximum Gasteiger partial charge on any atom is 0.417 e. The molecule has 0 saturated carbocycles. The molecule has 78 valence electrons. The summed E-state index contributed by atoms with van der Waals surface area (Å²) >= 11 is 0. The molecule has 0 aliphatic heterocycles. The number of fused-ring (bicyclic) bond motifs is 1. The molecule has 0 bridgehead atoms. The van der Waals surface area contributed by atoms with Crippen molar-refractivity contribution >= 4 is 22.6 Å². The molecule has 0 spiro atoms. The van der Waals surface area contributed by atoms with E-state index >= 15 is 0 Å². The van der Waals surface area contributed by atoms with Gasteiger partial charge in [-0.15, -0.1) is 0 Å². The number of H-pyrrole nitrogens is 1. The third-order valence-corrected chi connectivity index (χ3v) is 1.96. The first-order valence-corrected chi connectivity index (χ1v) is 4.51. The quantitative estimate of drug-likeness (QED) is 0.789. The van der Waals surface area contributed by atoms with Crippen LogP contribution in [0.15, 0.2) is 27.4 Å². The summed E-state index contributed by atoms with van der Waals surface area (Å²) < 4.78 is 4.88. The van der Waals surface area contributed by atoms with E-state index in [1.165, 1.54) is 6.92 Å². The first-order chi connectivity index (χ1) is 7.15. The third-order valence-electron chi connectivity index (χ3n) is 1.96. The highest BCUT2D eigenvalue weighted by molar-refractivity contribution is 5.82. The van der Waals surface area contributed by atoms with Crippen molar-refractivity contribution in [3.8, 4) is 0 Å². The maximum atomic E-state index is 10.9. The van der Waals surface area contributed by atoms with Crippen molar-refractivity contribution in [2.75, 3.05) is 11.9 Å². The van der Waals surface area contributed by atoms with Crippen molar-refractivity contribution in [1.82, 2.24) is 4.98 Å². The minimum Gasteiger partial charge on any atom is -0.408 e. The molecule has 2 rings (SSSR count). The Kier molecular flexibility index (Phi) is 2.29. The van der Waals surface area contributed by atoms with Crippen molar-refractivity contribution in [2.24, 2.45) is 0 Å². The van der Waals surface area contributed by atoms with Crippen molar-refractivity contribution in [1.29, 1.82) is 0 Å². The molecule has 0 saturated heterocycles. The number of hydrogen-bond donors (Lipinski definition) is 2. The Bertz CT molecular complexity index is 553. The lowest BCUT2D eigenvalue weighted by atomic mass is 10.3. The fourth-order valence-electron chi connectivity index (χ4n) is 1.28. The van der Waals surface area contributed by atoms with Gasteiger partial charge >= 0.3 is 5.76 Å². The normalized spacial score (nSPS) is 10.5. The number of benzene rings is 1. The summed E-state index contributed by atoms with van der Waals surface area (Å²) in [4.78, 5) is 24.1. The highest BCUT2D eigenvalue weighted by Crippen LogP contribution is 2.15. The molecule has 15 heavy (non-hydrogen) atoms. The molecule has 0 fully saturated rings. The van der Waals surface area contributed by atoms with Crippen LogP contribution < -0.4 is 11.1 Å². The molecular formula is C10H10N2O3. The Morgan fingerprint density at radius 1 is 1.53 bits per heavy atom. The van der Waals surface area contributed by atoms with Crippen LogP contribution in [0, 0.1) is 0 Å². The van der Waals surface area contributed by atoms with E-state index in [4.69, 9.17) is 4.42 Å². The maximum absolute atomic E-state index is 10.9. The molecule has 1 aromatic heterocycles. The fraction of sp³-hybridized carbons (Fsp3) is 0.200. The van der Waals surface area contributed by atoms with Crippen molar-refractivity contribution in [3.63, 3.8) is 0 Å². The number of carbonyl (C=O) groups excluding carboxylic acids is 1. The molecule has 0 aliphatic carbocycles. The van der Waals surface area contributed by atoms with E-state index in [1.54, 1.807) is 18.2 Å². The number of Topliss-reactive ketones (excluding diaryl/α,β-unsaturated/α-hetero) is 1. The van der Waals surface area contributed by atoms with Gasteiger partial charge in [0.15, 0.2) is 5.58 Å². The Labute approximate surface area is 85.1 Å². The van der Waals surface area contributed by atoms with E-state index in [-0.39, 0.29) is 12.3 Å². The van der Waals surface area contributed by atoms with Crippen molar-refractivity contribution in [3.05, 3.63) is 28.7 Å². The van der Waals surface area contributed by atoms with Gasteiger partial charge in [-0.05, 0) is 19.1 Å². The van der Waals surface area contributed by atoms with Crippen molar-refractivity contribution < 1.29 is 9.21 Å². The van der Waals surface area contributed by atoms with Crippen LogP contribution in [0.2, 0.25) is 0 Å². The topological polar surface area (TPSA) is 75.1 Å². The van der Waals surface area contributed by atoms with Crippen LogP contribution in [-0.4, -0.2) is 17.3 Å². The van der Waals surface area contributed by atoms with Crippen LogP contribution in [-0.2, 0) is 4.79 Å². The molecule has 0 radical (unpaired) electrons. The highest BCUT2D eigenvalue weighted by atomic mass is 16.4. The molecule has 0 aliphatic rings. The number of carbonyl (C=O) groups is 1. The third kappa shape index (κ3) is 2.07. The van der Waals surface area contributed by atoms with E-state index in [0.29, 0.717) is 11.1 Å². The number of anilines is 1. The van der Waals surface area contributed by atoms with E-state index < -0.39 is 5.76 Å². The summed E-state index contributed by atoms with van der Waals surface area (Å²) in [5, 5.41) is 2.92. The number of nitrogens with one attached hydrogen (secondary N) is 2. The molecule has 0 atom stereocenters.